The van der Waals surface area contributed by atoms with Gasteiger partial charge in [0.2, 0.25) is 0 Å². The number of anilines is 3. The predicted octanol–water partition coefficient (Wildman–Crippen LogP) is 15.8. The Morgan fingerprint density at radius 3 is 1.66 bits per heavy atom. The first kappa shape index (κ1) is 33.3. The molecule has 10 aromatic carbocycles. The third-order valence-electron chi connectivity index (χ3n) is 12.0. The van der Waals surface area contributed by atoms with Crippen LogP contribution in [0.5, 0.6) is 0 Å². The van der Waals surface area contributed by atoms with Crippen LogP contribution >= 0.6 is 0 Å². The molecule has 0 radical (unpaired) electrons. The van der Waals surface area contributed by atoms with Crippen molar-refractivity contribution in [2.45, 2.75) is 0 Å². The fourth-order valence-electron chi connectivity index (χ4n) is 9.32. The first-order chi connectivity index (χ1) is 29.3. The maximum Gasteiger partial charge on any atom is 0.136 e. The Balaban J connectivity index is 1.06. The Kier molecular flexibility index (Phi) is 7.54. The quantitative estimate of drug-likeness (QED) is 0.169. The Labute approximate surface area is 341 Å². The van der Waals surface area contributed by atoms with E-state index in [-0.39, 0.29) is 0 Å². The fraction of sp³-hybridized carbons (Fsp3) is 0. The number of nitrogens with zero attached hydrogens (tertiary/aromatic N) is 2. The van der Waals surface area contributed by atoms with Gasteiger partial charge in [-0.2, -0.15) is 0 Å². The highest BCUT2D eigenvalue weighted by molar-refractivity contribution is 6.19. The maximum absolute atomic E-state index is 6.48. The number of hydrogen-bond acceptors (Lipinski definition) is 2. The summed E-state index contributed by atoms with van der Waals surface area (Å²) in [6.45, 7) is 0. The van der Waals surface area contributed by atoms with Gasteiger partial charge in [0.25, 0.3) is 0 Å². The molecular weight excluding hydrogens is 717 g/mol. The van der Waals surface area contributed by atoms with E-state index in [9.17, 15) is 0 Å². The van der Waals surface area contributed by atoms with E-state index in [4.69, 9.17) is 4.42 Å². The van der Waals surface area contributed by atoms with Gasteiger partial charge in [0.15, 0.2) is 0 Å². The SMILES string of the molecule is c1ccc(-c2cccc3cccc(-c4ccc(N(c5cccc(-n6c7ccccc7c7ccccc76)c5)c5ccc6oc7ccc8ccccc8c7c6c5)cc4)c23)cc1. The molecule has 2 heterocycles. The molecule has 0 spiro atoms. The van der Waals surface area contributed by atoms with E-state index in [0.717, 1.165) is 44.7 Å². The topological polar surface area (TPSA) is 21.3 Å². The van der Waals surface area contributed by atoms with Gasteiger partial charge in [0, 0.05) is 44.3 Å². The van der Waals surface area contributed by atoms with Crippen LogP contribution in [0.15, 0.2) is 223 Å². The molecule has 0 unspecified atom stereocenters. The van der Waals surface area contributed by atoms with Crippen LogP contribution in [0.3, 0.4) is 0 Å². The smallest absolute Gasteiger partial charge is 0.136 e. The van der Waals surface area contributed by atoms with E-state index in [1.807, 2.05) is 0 Å². The van der Waals surface area contributed by atoms with Crippen molar-refractivity contribution in [3.05, 3.63) is 218 Å². The molecule has 2 aromatic heterocycles. The molecule has 0 bridgehead atoms. The second-order valence-corrected chi connectivity index (χ2v) is 15.3. The third kappa shape index (κ3) is 5.36. The first-order valence-electron chi connectivity index (χ1n) is 20.2. The van der Waals surface area contributed by atoms with Crippen LogP contribution in [-0.2, 0) is 0 Å². The van der Waals surface area contributed by atoms with Gasteiger partial charge in [-0.3, -0.25) is 0 Å². The predicted molar refractivity (Wildman–Crippen MR) is 249 cm³/mol. The van der Waals surface area contributed by atoms with Crippen molar-refractivity contribution < 1.29 is 4.42 Å². The van der Waals surface area contributed by atoms with Gasteiger partial charge < -0.3 is 13.9 Å². The molecule has 0 amide bonds. The molecule has 3 nitrogen and oxygen atoms in total. The van der Waals surface area contributed by atoms with E-state index in [1.54, 1.807) is 0 Å². The normalized spacial score (nSPS) is 11.7. The molecule has 0 fully saturated rings. The van der Waals surface area contributed by atoms with Gasteiger partial charge >= 0.3 is 0 Å². The molecule has 0 aliphatic carbocycles. The summed E-state index contributed by atoms with van der Waals surface area (Å²) >= 11 is 0. The van der Waals surface area contributed by atoms with E-state index in [0.29, 0.717) is 0 Å². The maximum atomic E-state index is 6.48. The molecule has 0 saturated carbocycles. The summed E-state index contributed by atoms with van der Waals surface area (Å²) in [6, 6.07) is 78.7. The van der Waals surface area contributed by atoms with Gasteiger partial charge in [-0.15, -0.1) is 0 Å². The molecule has 12 aromatic rings. The number of rotatable bonds is 6. The zero-order valence-electron chi connectivity index (χ0n) is 32.1. The number of hydrogen-bond donors (Lipinski definition) is 0. The Morgan fingerprint density at radius 1 is 0.339 bits per heavy atom. The summed E-state index contributed by atoms with van der Waals surface area (Å²) in [5.41, 5.74) is 13.3. The van der Waals surface area contributed by atoms with Crippen LogP contribution in [0.1, 0.15) is 0 Å². The summed E-state index contributed by atoms with van der Waals surface area (Å²) < 4.78 is 8.86. The van der Waals surface area contributed by atoms with Crippen LogP contribution < -0.4 is 4.90 Å². The monoisotopic (exact) mass is 752 g/mol. The minimum atomic E-state index is 0.875. The van der Waals surface area contributed by atoms with Crippen LogP contribution in [0.2, 0.25) is 0 Å². The Hall–Kier alpha value is -7.88. The lowest BCUT2D eigenvalue weighted by Gasteiger charge is -2.26. The highest BCUT2D eigenvalue weighted by atomic mass is 16.3. The van der Waals surface area contributed by atoms with E-state index < -0.39 is 0 Å². The second kappa shape index (κ2) is 13.4. The van der Waals surface area contributed by atoms with Crippen LogP contribution in [0.25, 0.3) is 93.2 Å². The van der Waals surface area contributed by atoms with Gasteiger partial charge in [-0.25, -0.2) is 0 Å². The molecule has 0 N–H and O–H groups in total. The van der Waals surface area contributed by atoms with Gasteiger partial charge in [0.05, 0.1) is 11.0 Å². The summed E-state index contributed by atoms with van der Waals surface area (Å²) in [4.78, 5) is 2.38. The first-order valence-corrected chi connectivity index (χ1v) is 20.2. The average Bonchev–Trinajstić information content (AvgIpc) is 3.85. The van der Waals surface area contributed by atoms with Crippen molar-refractivity contribution in [2.75, 3.05) is 4.90 Å². The molecule has 0 aliphatic rings. The lowest BCUT2D eigenvalue weighted by Crippen LogP contribution is -2.10. The lowest BCUT2D eigenvalue weighted by atomic mass is 9.91. The summed E-state index contributed by atoms with van der Waals surface area (Å²) in [7, 11) is 0. The van der Waals surface area contributed by atoms with Gasteiger partial charge in [0.1, 0.15) is 11.2 Å². The summed E-state index contributed by atoms with van der Waals surface area (Å²) in [5.74, 6) is 0. The number of furan rings is 1. The van der Waals surface area contributed by atoms with Gasteiger partial charge in [-0.1, -0.05) is 152 Å². The third-order valence-corrected chi connectivity index (χ3v) is 12.0. The largest absolute Gasteiger partial charge is 0.456 e. The Morgan fingerprint density at radius 2 is 0.915 bits per heavy atom. The molecule has 0 aliphatic heterocycles. The molecule has 3 heteroatoms. The standard InChI is InChI=1S/C56H36N2O/c1-2-13-37(14-3-1)45-23-10-16-40-17-11-24-46(55(40)45)39-27-30-41(31-28-39)57(44-32-34-53-50(36-44)56-47-20-5-4-15-38(47)29-33-54(56)59-53)42-18-12-19-43(35-42)58-51-25-8-6-21-48(51)49-22-7-9-26-52(49)58/h1-36H. The van der Waals surface area contributed by atoms with Crippen LogP contribution in [-0.4, -0.2) is 4.57 Å². The highest BCUT2D eigenvalue weighted by Crippen LogP contribution is 2.43. The molecule has 276 valence electrons. The molecule has 12 rings (SSSR count). The van der Waals surface area contributed by atoms with Crippen LogP contribution in [0.4, 0.5) is 17.1 Å². The molecular formula is C56H36N2O. The Bertz CT molecular complexity index is 3500. The number of benzene rings is 10. The fourth-order valence-corrected chi connectivity index (χ4v) is 9.32. The molecule has 59 heavy (non-hydrogen) atoms. The van der Waals surface area contributed by atoms with Crippen molar-refractivity contribution in [1.82, 2.24) is 4.57 Å². The number of fused-ring (bicyclic) bond motifs is 9. The number of aromatic nitrogens is 1. The minimum absolute atomic E-state index is 0.875. The lowest BCUT2D eigenvalue weighted by molar-refractivity contribution is 0.669. The van der Waals surface area contributed by atoms with E-state index >= 15 is 0 Å². The van der Waals surface area contributed by atoms with Gasteiger partial charge in [-0.05, 0) is 111 Å². The summed E-state index contributed by atoms with van der Waals surface area (Å²) in [5, 5.41) is 9.60. The number of para-hydroxylation sites is 2. The molecule has 0 saturated heterocycles. The van der Waals surface area contributed by atoms with Crippen LogP contribution in [0, 0.1) is 0 Å². The van der Waals surface area contributed by atoms with Crippen molar-refractivity contribution >= 4 is 82.4 Å². The highest BCUT2D eigenvalue weighted by Gasteiger charge is 2.19. The zero-order chi connectivity index (χ0) is 38.9. The van der Waals surface area contributed by atoms with Crippen molar-refractivity contribution in [3.63, 3.8) is 0 Å². The average molecular weight is 753 g/mol. The van der Waals surface area contributed by atoms with Crippen molar-refractivity contribution in [3.8, 4) is 27.9 Å². The van der Waals surface area contributed by atoms with E-state index in [1.165, 1.54) is 65.6 Å². The van der Waals surface area contributed by atoms with E-state index in [2.05, 4.69) is 228 Å². The second-order valence-electron chi connectivity index (χ2n) is 15.3. The van der Waals surface area contributed by atoms with Crippen molar-refractivity contribution in [2.24, 2.45) is 0 Å². The zero-order valence-corrected chi connectivity index (χ0v) is 32.1. The molecule has 0 atom stereocenters. The summed E-state index contributed by atoms with van der Waals surface area (Å²) in [6.07, 6.45) is 0. The minimum Gasteiger partial charge on any atom is -0.456 e. The van der Waals surface area contributed by atoms with Crippen molar-refractivity contribution in [1.29, 1.82) is 0 Å².